The van der Waals surface area contributed by atoms with E-state index in [0.29, 0.717) is 0 Å². The number of aromatic hydroxyl groups is 1. The van der Waals surface area contributed by atoms with Crippen LogP contribution in [0, 0.1) is 27.7 Å². The van der Waals surface area contributed by atoms with Crippen LogP contribution in [0.5, 0.6) is 5.75 Å². The molecule has 28 heavy (non-hydrogen) atoms. The van der Waals surface area contributed by atoms with Gasteiger partial charge in [0.05, 0.1) is 11.8 Å². The predicted octanol–water partition coefficient (Wildman–Crippen LogP) is 4.94. The van der Waals surface area contributed by atoms with Gasteiger partial charge in [0.25, 0.3) is 5.91 Å². The Labute approximate surface area is 172 Å². The molecule has 144 valence electrons. The van der Waals surface area contributed by atoms with Crippen LogP contribution in [0.15, 0.2) is 52.0 Å². The molecule has 0 saturated carbocycles. The molecule has 0 atom stereocenters. The van der Waals surface area contributed by atoms with Crippen LogP contribution in [0.1, 0.15) is 38.4 Å². The number of para-hydroxylation sites is 1. The molecule has 1 amide bonds. The number of nitrogens with one attached hydrogen (secondary N) is 1. The quantitative estimate of drug-likeness (QED) is 0.446. The zero-order chi connectivity index (χ0) is 20.4. The Morgan fingerprint density at radius 1 is 1.11 bits per heavy atom. The van der Waals surface area contributed by atoms with Gasteiger partial charge in [-0.1, -0.05) is 24.3 Å². The van der Waals surface area contributed by atoms with Crippen molar-refractivity contribution in [1.29, 1.82) is 0 Å². The van der Waals surface area contributed by atoms with Crippen molar-refractivity contribution in [2.24, 2.45) is 5.10 Å². The van der Waals surface area contributed by atoms with Crippen LogP contribution in [0.3, 0.4) is 0 Å². The Morgan fingerprint density at radius 2 is 1.82 bits per heavy atom. The average Bonchev–Trinajstić information content (AvgIpc) is 2.87. The highest BCUT2D eigenvalue weighted by molar-refractivity contribution is 9.10. The molecule has 0 spiro atoms. The van der Waals surface area contributed by atoms with Gasteiger partial charge in [0, 0.05) is 27.1 Å². The van der Waals surface area contributed by atoms with Gasteiger partial charge < -0.3 is 9.67 Å². The van der Waals surface area contributed by atoms with E-state index in [1.54, 1.807) is 24.4 Å². The maximum absolute atomic E-state index is 12.2. The number of hydrazone groups is 1. The summed E-state index contributed by atoms with van der Waals surface area (Å²) in [6.45, 7) is 8.22. The Kier molecular flexibility index (Phi) is 5.70. The fourth-order valence-corrected chi connectivity index (χ4v) is 3.74. The highest BCUT2D eigenvalue weighted by Crippen LogP contribution is 2.31. The Hall–Kier alpha value is -2.86. The zero-order valence-electron chi connectivity index (χ0n) is 16.2. The largest absolute Gasteiger partial charge is 0.507 e. The molecule has 0 fully saturated rings. The Balaban J connectivity index is 1.92. The van der Waals surface area contributed by atoms with E-state index in [9.17, 15) is 9.90 Å². The van der Waals surface area contributed by atoms with Crippen LogP contribution in [0.25, 0.3) is 5.69 Å². The number of phenols is 1. The molecule has 6 heteroatoms. The van der Waals surface area contributed by atoms with E-state index in [0.717, 1.165) is 27.1 Å². The summed E-state index contributed by atoms with van der Waals surface area (Å²) in [5.74, 6) is -0.543. The van der Waals surface area contributed by atoms with Crippen LogP contribution < -0.4 is 5.43 Å². The normalized spacial score (nSPS) is 11.2. The van der Waals surface area contributed by atoms with Crippen LogP contribution in [0.4, 0.5) is 0 Å². The minimum Gasteiger partial charge on any atom is -0.507 e. The summed E-state index contributed by atoms with van der Waals surface area (Å²) < 4.78 is 3.10. The molecule has 2 N–H and O–H groups in total. The molecule has 0 unspecified atom stereocenters. The maximum Gasteiger partial charge on any atom is 0.275 e. The molecule has 0 saturated heterocycles. The lowest BCUT2D eigenvalue weighted by Crippen LogP contribution is -2.17. The van der Waals surface area contributed by atoms with E-state index in [4.69, 9.17) is 0 Å². The molecule has 0 aliphatic carbocycles. The fraction of sp³-hybridized carbons (Fsp3) is 0.182. The summed E-state index contributed by atoms with van der Waals surface area (Å²) in [5, 5.41) is 13.9. The number of phenolic OH excluding ortho intramolecular Hbond substituents is 1. The number of carbonyl (C=O) groups is 1. The molecule has 1 heterocycles. The monoisotopic (exact) mass is 439 g/mol. The third kappa shape index (κ3) is 3.73. The molecule has 0 radical (unpaired) electrons. The second kappa shape index (κ2) is 8.02. The lowest BCUT2D eigenvalue weighted by molar-refractivity contribution is 0.0952. The SMILES string of the molecule is Cc1ccc(C)c(-n2c(C)c(Br)c(/C=N\NC(=O)c3ccccc3O)c2C)c1. The molecule has 0 bridgehead atoms. The van der Waals surface area contributed by atoms with Crippen molar-refractivity contribution in [2.75, 3.05) is 0 Å². The number of carbonyl (C=O) groups excluding carboxylic acids is 1. The van der Waals surface area contributed by atoms with Crippen LogP contribution in [-0.2, 0) is 0 Å². The predicted molar refractivity (Wildman–Crippen MR) is 116 cm³/mol. The average molecular weight is 440 g/mol. The van der Waals surface area contributed by atoms with Gasteiger partial charge in [0.2, 0.25) is 0 Å². The number of aromatic nitrogens is 1. The Morgan fingerprint density at radius 3 is 2.54 bits per heavy atom. The van der Waals surface area contributed by atoms with Gasteiger partial charge in [-0.2, -0.15) is 5.10 Å². The third-order valence-electron chi connectivity index (χ3n) is 4.73. The topological polar surface area (TPSA) is 66.6 Å². The molecule has 3 rings (SSSR count). The van der Waals surface area contributed by atoms with E-state index in [1.807, 2.05) is 13.8 Å². The Bertz CT molecular complexity index is 1080. The van der Waals surface area contributed by atoms with Crippen molar-refractivity contribution in [3.8, 4) is 11.4 Å². The minimum atomic E-state index is -0.464. The number of aryl methyl sites for hydroxylation is 2. The summed E-state index contributed by atoms with van der Waals surface area (Å²) in [4.78, 5) is 12.2. The van der Waals surface area contributed by atoms with Crippen molar-refractivity contribution >= 4 is 28.1 Å². The van der Waals surface area contributed by atoms with Gasteiger partial charge in [-0.05, 0) is 73.0 Å². The molecular weight excluding hydrogens is 418 g/mol. The molecule has 3 aromatic rings. The zero-order valence-corrected chi connectivity index (χ0v) is 17.8. The smallest absolute Gasteiger partial charge is 0.275 e. The highest BCUT2D eigenvalue weighted by Gasteiger charge is 2.17. The number of hydrogen-bond acceptors (Lipinski definition) is 3. The fourth-order valence-electron chi connectivity index (χ4n) is 3.18. The molecule has 0 aliphatic rings. The van der Waals surface area contributed by atoms with Gasteiger partial charge in [0.15, 0.2) is 0 Å². The lowest BCUT2D eigenvalue weighted by atomic mass is 10.1. The number of rotatable bonds is 4. The van der Waals surface area contributed by atoms with E-state index in [2.05, 4.69) is 63.1 Å². The van der Waals surface area contributed by atoms with Gasteiger partial charge in [-0.3, -0.25) is 4.79 Å². The van der Waals surface area contributed by atoms with Crippen LogP contribution >= 0.6 is 15.9 Å². The molecule has 5 nitrogen and oxygen atoms in total. The first kappa shape index (κ1) is 19.9. The van der Waals surface area contributed by atoms with E-state index >= 15 is 0 Å². The summed E-state index contributed by atoms with van der Waals surface area (Å²) in [5.41, 5.74) is 9.09. The van der Waals surface area contributed by atoms with Crippen LogP contribution in [-0.4, -0.2) is 21.8 Å². The van der Waals surface area contributed by atoms with Crippen molar-refractivity contribution < 1.29 is 9.90 Å². The van der Waals surface area contributed by atoms with Gasteiger partial charge in [-0.25, -0.2) is 5.43 Å². The van der Waals surface area contributed by atoms with Crippen LogP contribution in [0.2, 0.25) is 0 Å². The van der Waals surface area contributed by atoms with Crippen molar-refractivity contribution in [1.82, 2.24) is 9.99 Å². The van der Waals surface area contributed by atoms with Gasteiger partial charge >= 0.3 is 0 Å². The standard InChI is InChI=1S/C22H22BrN3O2/c1-13-9-10-14(2)19(11-13)26-15(3)18(21(23)16(26)4)12-24-25-22(28)17-7-5-6-8-20(17)27/h5-12,27H,1-4H3,(H,25,28)/b24-12-. The van der Waals surface area contributed by atoms with Crippen molar-refractivity contribution in [3.05, 3.63) is 80.6 Å². The van der Waals surface area contributed by atoms with E-state index in [1.165, 1.54) is 17.2 Å². The second-order valence-electron chi connectivity index (χ2n) is 6.74. The number of halogens is 1. The summed E-state index contributed by atoms with van der Waals surface area (Å²) in [7, 11) is 0. The van der Waals surface area contributed by atoms with Crippen molar-refractivity contribution in [2.45, 2.75) is 27.7 Å². The second-order valence-corrected chi connectivity index (χ2v) is 7.53. The maximum atomic E-state index is 12.2. The summed E-state index contributed by atoms with van der Waals surface area (Å²) >= 11 is 3.65. The number of amides is 1. The number of benzene rings is 2. The number of nitrogens with zero attached hydrogens (tertiary/aromatic N) is 2. The minimum absolute atomic E-state index is 0.0792. The number of hydrogen-bond donors (Lipinski definition) is 2. The van der Waals surface area contributed by atoms with E-state index in [-0.39, 0.29) is 11.3 Å². The van der Waals surface area contributed by atoms with Crippen molar-refractivity contribution in [3.63, 3.8) is 0 Å². The first-order valence-corrected chi connectivity index (χ1v) is 9.67. The van der Waals surface area contributed by atoms with E-state index < -0.39 is 5.91 Å². The summed E-state index contributed by atoms with van der Waals surface area (Å²) in [6, 6.07) is 12.7. The lowest BCUT2D eigenvalue weighted by Gasteiger charge is -2.13. The molecular formula is C22H22BrN3O2. The first-order chi connectivity index (χ1) is 13.3. The first-order valence-electron chi connectivity index (χ1n) is 8.87. The summed E-state index contributed by atoms with van der Waals surface area (Å²) in [6.07, 6.45) is 1.62. The van der Waals surface area contributed by atoms with Gasteiger partial charge in [-0.15, -0.1) is 0 Å². The highest BCUT2D eigenvalue weighted by atomic mass is 79.9. The molecule has 0 aliphatic heterocycles. The van der Waals surface area contributed by atoms with Gasteiger partial charge in [0.1, 0.15) is 5.75 Å². The molecule has 2 aromatic carbocycles. The molecule has 1 aromatic heterocycles. The third-order valence-corrected chi connectivity index (χ3v) is 5.73.